The summed E-state index contributed by atoms with van der Waals surface area (Å²) in [5.74, 6) is 0.315. The smallest absolute Gasteiger partial charge is 0.387 e. The maximum atomic E-state index is 12.8. The van der Waals surface area contributed by atoms with Gasteiger partial charge in [0.2, 0.25) is 0 Å². The summed E-state index contributed by atoms with van der Waals surface area (Å²) in [5, 5.41) is 2.76. The molecule has 0 bridgehead atoms. The third kappa shape index (κ3) is 7.47. The van der Waals surface area contributed by atoms with E-state index in [4.69, 9.17) is 4.74 Å². The summed E-state index contributed by atoms with van der Waals surface area (Å²) >= 11 is 0. The topological polar surface area (TPSA) is 50.8 Å². The van der Waals surface area contributed by atoms with Crippen molar-refractivity contribution >= 4 is 6.03 Å². The SMILES string of the molecule is CN(Cc1ccc(OC(F)F)cc1)C(=O)NCCCOc1ccc(F)cc1. The second-order valence-electron chi connectivity index (χ2n) is 5.77. The normalized spacial score (nSPS) is 10.6. The molecule has 0 aliphatic rings. The van der Waals surface area contributed by atoms with Crippen LogP contribution in [-0.2, 0) is 6.54 Å². The summed E-state index contributed by atoms with van der Waals surface area (Å²) in [7, 11) is 1.63. The molecule has 0 fully saturated rings. The molecule has 0 aliphatic carbocycles. The van der Waals surface area contributed by atoms with Crippen molar-refractivity contribution in [1.82, 2.24) is 10.2 Å². The number of alkyl halides is 2. The third-order valence-electron chi connectivity index (χ3n) is 3.59. The molecule has 2 aromatic carbocycles. The second kappa shape index (κ2) is 10.3. The third-order valence-corrected chi connectivity index (χ3v) is 3.59. The van der Waals surface area contributed by atoms with Gasteiger partial charge in [-0.05, 0) is 48.4 Å². The number of hydrogen-bond acceptors (Lipinski definition) is 3. The molecule has 8 heteroatoms. The largest absolute Gasteiger partial charge is 0.494 e. The Hall–Kier alpha value is -2.90. The molecular weight excluding hydrogens is 361 g/mol. The van der Waals surface area contributed by atoms with Crippen LogP contribution in [0.5, 0.6) is 11.5 Å². The van der Waals surface area contributed by atoms with Gasteiger partial charge in [-0.25, -0.2) is 9.18 Å². The number of hydrogen-bond donors (Lipinski definition) is 1. The van der Waals surface area contributed by atoms with Gasteiger partial charge in [0, 0.05) is 20.1 Å². The van der Waals surface area contributed by atoms with E-state index in [2.05, 4.69) is 10.1 Å². The number of nitrogens with zero attached hydrogens (tertiary/aromatic N) is 1. The van der Waals surface area contributed by atoms with Gasteiger partial charge in [-0.3, -0.25) is 0 Å². The Morgan fingerprint density at radius 3 is 2.33 bits per heavy atom. The van der Waals surface area contributed by atoms with Crippen molar-refractivity contribution in [1.29, 1.82) is 0 Å². The average molecular weight is 382 g/mol. The van der Waals surface area contributed by atoms with E-state index in [9.17, 15) is 18.0 Å². The first-order chi connectivity index (χ1) is 12.9. The fraction of sp³-hybridized carbons (Fsp3) is 0.316. The molecule has 0 atom stereocenters. The Balaban J connectivity index is 1.65. The van der Waals surface area contributed by atoms with Crippen molar-refractivity contribution in [3.8, 4) is 11.5 Å². The van der Waals surface area contributed by atoms with E-state index in [0.29, 0.717) is 31.9 Å². The minimum atomic E-state index is -2.86. The lowest BCUT2D eigenvalue weighted by Gasteiger charge is -2.18. The number of carbonyl (C=O) groups excluding carboxylic acids is 1. The van der Waals surface area contributed by atoms with E-state index in [1.807, 2.05) is 0 Å². The molecule has 0 aromatic heterocycles. The maximum Gasteiger partial charge on any atom is 0.387 e. The van der Waals surface area contributed by atoms with Crippen molar-refractivity contribution < 1.29 is 27.4 Å². The minimum absolute atomic E-state index is 0.0713. The molecular formula is C19H21F3N2O3. The van der Waals surface area contributed by atoms with Crippen LogP contribution in [0, 0.1) is 5.82 Å². The van der Waals surface area contributed by atoms with Crippen LogP contribution in [0.3, 0.4) is 0 Å². The number of halogens is 3. The van der Waals surface area contributed by atoms with Gasteiger partial charge in [0.15, 0.2) is 0 Å². The number of carbonyl (C=O) groups is 1. The van der Waals surface area contributed by atoms with E-state index in [0.717, 1.165) is 5.56 Å². The highest BCUT2D eigenvalue weighted by Gasteiger charge is 2.09. The number of rotatable bonds is 9. The Bertz CT molecular complexity index is 709. The number of nitrogens with one attached hydrogen (secondary N) is 1. The standard InChI is InChI=1S/C19H21F3N2O3/c1-24(13-14-3-7-17(8-4-14)27-18(21)22)19(25)23-11-2-12-26-16-9-5-15(20)6-10-16/h3-10,18H,2,11-13H2,1H3,(H,23,25). The molecule has 2 aromatic rings. The summed E-state index contributed by atoms with van der Waals surface area (Å²) in [5.41, 5.74) is 0.786. The number of ether oxygens (including phenoxy) is 2. The van der Waals surface area contributed by atoms with Crippen LogP contribution in [0.1, 0.15) is 12.0 Å². The summed E-state index contributed by atoms with van der Waals surface area (Å²) < 4.78 is 46.7. The van der Waals surface area contributed by atoms with Gasteiger partial charge in [-0.15, -0.1) is 0 Å². The number of urea groups is 1. The quantitative estimate of drug-likeness (QED) is 0.666. The molecule has 0 radical (unpaired) electrons. The molecule has 146 valence electrons. The molecule has 0 heterocycles. The van der Waals surface area contributed by atoms with Crippen LogP contribution < -0.4 is 14.8 Å². The highest BCUT2D eigenvalue weighted by atomic mass is 19.3. The van der Waals surface area contributed by atoms with Crippen LogP contribution >= 0.6 is 0 Å². The van der Waals surface area contributed by atoms with Gasteiger partial charge in [0.05, 0.1) is 6.61 Å². The zero-order chi connectivity index (χ0) is 19.6. The minimum Gasteiger partial charge on any atom is -0.494 e. The van der Waals surface area contributed by atoms with Crippen LogP contribution in [0.2, 0.25) is 0 Å². The van der Waals surface area contributed by atoms with Crippen molar-refractivity contribution in [3.05, 3.63) is 59.9 Å². The predicted octanol–water partition coefficient (Wildman–Crippen LogP) is 4.04. The average Bonchev–Trinajstić information content (AvgIpc) is 2.64. The van der Waals surface area contributed by atoms with Crippen molar-refractivity contribution in [2.24, 2.45) is 0 Å². The molecule has 2 amide bonds. The van der Waals surface area contributed by atoms with Crippen molar-refractivity contribution in [2.45, 2.75) is 19.6 Å². The lowest BCUT2D eigenvalue weighted by atomic mass is 10.2. The van der Waals surface area contributed by atoms with Crippen LogP contribution in [0.15, 0.2) is 48.5 Å². The van der Waals surface area contributed by atoms with E-state index in [1.54, 1.807) is 31.3 Å². The van der Waals surface area contributed by atoms with Gasteiger partial charge in [0.25, 0.3) is 0 Å². The number of amides is 2. The number of benzene rings is 2. The lowest BCUT2D eigenvalue weighted by Crippen LogP contribution is -2.37. The lowest BCUT2D eigenvalue weighted by molar-refractivity contribution is -0.0498. The summed E-state index contributed by atoms with van der Waals surface area (Å²) in [4.78, 5) is 13.5. The Labute approximate surface area is 155 Å². The molecule has 0 spiro atoms. The van der Waals surface area contributed by atoms with Gasteiger partial charge in [-0.1, -0.05) is 12.1 Å². The zero-order valence-corrected chi connectivity index (χ0v) is 14.8. The Morgan fingerprint density at radius 2 is 1.70 bits per heavy atom. The van der Waals surface area contributed by atoms with E-state index in [1.165, 1.54) is 29.2 Å². The van der Waals surface area contributed by atoms with E-state index in [-0.39, 0.29) is 17.6 Å². The van der Waals surface area contributed by atoms with Crippen molar-refractivity contribution in [3.63, 3.8) is 0 Å². The first-order valence-electron chi connectivity index (χ1n) is 8.35. The second-order valence-corrected chi connectivity index (χ2v) is 5.77. The van der Waals surface area contributed by atoms with Gasteiger partial charge in [-0.2, -0.15) is 8.78 Å². The molecule has 0 saturated heterocycles. The summed E-state index contributed by atoms with van der Waals surface area (Å²) in [6.45, 7) is -1.73. The summed E-state index contributed by atoms with van der Waals surface area (Å²) in [6.07, 6.45) is 0.594. The predicted molar refractivity (Wildman–Crippen MR) is 94.5 cm³/mol. The van der Waals surface area contributed by atoms with E-state index < -0.39 is 6.61 Å². The monoisotopic (exact) mass is 382 g/mol. The van der Waals surface area contributed by atoms with Crippen LogP contribution in [0.25, 0.3) is 0 Å². The van der Waals surface area contributed by atoms with Crippen LogP contribution in [0.4, 0.5) is 18.0 Å². The summed E-state index contributed by atoms with van der Waals surface area (Å²) in [6, 6.07) is 11.6. The van der Waals surface area contributed by atoms with E-state index >= 15 is 0 Å². The Morgan fingerprint density at radius 1 is 1.07 bits per heavy atom. The fourth-order valence-corrected chi connectivity index (χ4v) is 2.25. The first kappa shape index (κ1) is 20.4. The Kier molecular flexibility index (Phi) is 7.79. The molecule has 0 unspecified atom stereocenters. The van der Waals surface area contributed by atoms with Gasteiger partial charge >= 0.3 is 12.6 Å². The van der Waals surface area contributed by atoms with Gasteiger partial charge in [0.1, 0.15) is 17.3 Å². The zero-order valence-electron chi connectivity index (χ0n) is 14.8. The highest BCUT2D eigenvalue weighted by Crippen LogP contribution is 2.15. The van der Waals surface area contributed by atoms with Gasteiger partial charge < -0.3 is 19.7 Å². The first-order valence-corrected chi connectivity index (χ1v) is 8.35. The molecule has 0 saturated carbocycles. The molecule has 0 aliphatic heterocycles. The molecule has 27 heavy (non-hydrogen) atoms. The molecule has 2 rings (SSSR count). The maximum absolute atomic E-state index is 12.8. The fourth-order valence-electron chi connectivity index (χ4n) is 2.25. The highest BCUT2D eigenvalue weighted by molar-refractivity contribution is 5.73. The van der Waals surface area contributed by atoms with Crippen molar-refractivity contribution in [2.75, 3.05) is 20.2 Å². The molecule has 1 N–H and O–H groups in total. The van der Waals surface area contributed by atoms with Crippen LogP contribution in [-0.4, -0.2) is 37.7 Å². The molecule has 5 nitrogen and oxygen atoms in total.